The van der Waals surface area contributed by atoms with E-state index >= 15 is 0 Å². The van der Waals surface area contributed by atoms with Gasteiger partial charge in [-0.2, -0.15) is 0 Å². The molecule has 1 N–H and O–H groups in total. The first-order chi connectivity index (χ1) is 9.78. The molecule has 108 valence electrons. The molecule has 2 aliphatic heterocycles. The molecule has 3 rings (SSSR count). The van der Waals surface area contributed by atoms with Crippen molar-refractivity contribution in [2.45, 2.75) is 13.0 Å². The number of nitrogens with zero attached hydrogens (tertiary/aromatic N) is 1. The van der Waals surface area contributed by atoms with E-state index in [1.165, 1.54) is 0 Å². The number of carbonyl (C=O) groups excluding carboxylic acids is 1. The Hall–Kier alpha value is -1.95. The summed E-state index contributed by atoms with van der Waals surface area (Å²) in [7, 11) is 0. The molecule has 0 bridgehead atoms. The minimum Gasteiger partial charge on any atom is -0.454 e. The molecule has 6 heteroatoms. The van der Waals surface area contributed by atoms with Gasteiger partial charge in [0.25, 0.3) is 0 Å². The number of rotatable bonds is 5. The van der Waals surface area contributed by atoms with Gasteiger partial charge in [0, 0.05) is 6.54 Å². The summed E-state index contributed by atoms with van der Waals surface area (Å²) in [5, 5.41) is 3.39. The molecule has 1 aromatic carbocycles. The molecule has 2 aliphatic rings. The molecule has 0 aliphatic carbocycles. The lowest BCUT2D eigenvalue weighted by atomic mass is 10.1. The van der Waals surface area contributed by atoms with E-state index in [1.807, 2.05) is 25.1 Å². The Bertz CT molecular complexity index is 506. The van der Waals surface area contributed by atoms with E-state index < -0.39 is 0 Å². The monoisotopic (exact) mass is 278 g/mol. The summed E-state index contributed by atoms with van der Waals surface area (Å²) in [5.74, 6) is 1.53. The van der Waals surface area contributed by atoms with E-state index in [1.54, 1.807) is 4.90 Å². The highest BCUT2D eigenvalue weighted by molar-refractivity contribution is 5.69. The lowest BCUT2D eigenvalue weighted by Crippen LogP contribution is -2.35. The Morgan fingerprint density at radius 2 is 2.15 bits per heavy atom. The molecule has 0 radical (unpaired) electrons. The fourth-order valence-electron chi connectivity index (χ4n) is 2.48. The predicted molar refractivity (Wildman–Crippen MR) is 71.9 cm³/mol. The van der Waals surface area contributed by atoms with E-state index in [2.05, 4.69) is 5.32 Å². The second kappa shape index (κ2) is 5.58. The number of benzene rings is 1. The number of amides is 1. The van der Waals surface area contributed by atoms with Crippen molar-refractivity contribution in [2.24, 2.45) is 0 Å². The van der Waals surface area contributed by atoms with Gasteiger partial charge in [0.2, 0.25) is 6.79 Å². The van der Waals surface area contributed by atoms with Crippen molar-refractivity contribution in [2.75, 3.05) is 33.0 Å². The summed E-state index contributed by atoms with van der Waals surface area (Å²) in [4.78, 5) is 13.3. The largest absolute Gasteiger partial charge is 0.454 e. The summed E-state index contributed by atoms with van der Waals surface area (Å²) in [6, 6.07) is 5.93. The Morgan fingerprint density at radius 3 is 2.90 bits per heavy atom. The first-order valence-corrected chi connectivity index (χ1v) is 6.82. The fraction of sp³-hybridized carbons (Fsp3) is 0.500. The van der Waals surface area contributed by atoms with Crippen LogP contribution in [-0.2, 0) is 4.74 Å². The lowest BCUT2D eigenvalue weighted by molar-refractivity contribution is 0.156. The van der Waals surface area contributed by atoms with Crippen molar-refractivity contribution in [1.82, 2.24) is 10.2 Å². The van der Waals surface area contributed by atoms with Gasteiger partial charge in [-0.25, -0.2) is 4.79 Å². The Kier molecular flexibility index (Phi) is 3.64. The number of fused-ring (bicyclic) bond motifs is 1. The highest BCUT2D eigenvalue weighted by Crippen LogP contribution is 2.34. The third-order valence-corrected chi connectivity index (χ3v) is 3.50. The molecule has 1 unspecified atom stereocenters. The Balaban J connectivity index is 1.77. The van der Waals surface area contributed by atoms with E-state index in [4.69, 9.17) is 14.2 Å². The van der Waals surface area contributed by atoms with E-state index in [0.29, 0.717) is 19.7 Å². The molecule has 6 nitrogen and oxygen atoms in total. The summed E-state index contributed by atoms with van der Waals surface area (Å²) in [6.45, 7) is 4.84. The highest BCUT2D eigenvalue weighted by atomic mass is 16.7. The standard InChI is InChI=1S/C14H18N2O4/c1-2-15-11(8-16-5-6-18-14(16)17)10-3-4-12-13(7-10)20-9-19-12/h3-4,7,11,15H,2,5-6,8-9H2,1H3. The number of cyclic esters (lactones) is 1. The number of hydrogen-bond donors (Lipinski definition) is 1. The molecule has 2 heterocycles. The Labute approximate surface area is 117 Å². The fourth-order valence-corrected chi connectivity index (χ4v) is 2.48. The molecule has 1 aromatic rings. The van der Waals surface area contributed by atoms with Crippen LogP contribution in [0.5, 0.6) is 11.5 Å². The number of ether oxygens (including phenoxy) is 3. The third kappa shape index (κ3) is 2.51. The minimum absolute atomic E-state index is 0.0557. The molecular weight excluding hydrogens is 260 g/mol. The van der Waals surface area contributed by atoms with Crippen LogP contribution in [0.2, 0.25) is 0 Å². The van der Waals surface area contributed by atoms with Crippen LogP contribution in [0.4, 0.5) is 4.79 Å². The summed E-state index contributed by atoms with van der Waals surface area (Å²) in [5.41, 5.74) is 1.08. The van der Waals surface area contributed by atoms with Crippen LogP contribution in [0.25, 0.3) is 0 Å². The predicted octanol–water partition coefficient (Wildman–Crippen LogP) is 1.52. The summed E-state index contributed by atoms with van der Waals surface area (Å²) < 4.78 is 15.7. The van der Waals surface area contributed by atoms with Crippen molar-refractivity contribution < 1.29 is 19.0 Å². The van der Waals surface area contributed by atoms with Crippen LogP contribution in [0.3, 0.4) is 0 Å². The van der Waals surface area contributed by atoms with Gasteiger partial charge in [0.1, 0.15) is 6.61 Å². The smallest absolute Gasteiger partial charge is 0.410 e. The zero-order chi connectivity index (χ0) is 13.9. The molecule has 1 amide bonds. The van der Waals surface area contributed by atoms with Crippen LogP contribution in [0.15, 0.2) is 18.2 Å². The van der Waals surface area contributed by atoms with Crippen molar-refractivity contribution in [1.29, 1.82) is 0 Å². The topological polar surface area (TPSA) is 60.0 Å². The maximum atomic E-state index is 11.6. The van der Waals surface area contributed by atoms with Crippen LogP contribution in [-0.4, -0.2) is 44.0 Å². The molecule has 1 atom stereocenters. The molecule has 0 saturated carbocycles. The average molecular weight is 278 g/mol. The molecule has 1 saturated heterocycles. The second-order valence-electron chi connectivity index (χ2n) is 4.78. The van der Waals surface area contributed by atoms with E-state index in [9.17, 15) is 4.79 Å². The minimum atomic E-state index is -0.242. The van der Waals surface area contributed by atoms with Crippen molar-refractivity contribution >= 4 is 6.09 Å². The number of nitrogens with one attached hydrogen (secondary N) is 1. The molecule has 0 spiro atoms. The molecule has 1 fully saturated rings. The summed E-state index contributed by atoms with van der Waals surface area (Å²) >= 11 is 0. The number of carbonyl (C=O) groups is 1. The van der Waals surface area contributed by atoms with Gasteiger partial charge in [-0.05, 0) is 24.2 Å². The van der Waals surface area contributed by atoms with Crippen molar-refractivity contribution in [3.8, 4) is 11.5 Å². The van der Waals surface area contributed by atoms with Crippen LogP contribution < -0.4 is 14.8 Å². The van der Waals surface area contributed by atoms with Crippen LogP contribution in [0.1, 0.15) is 18.5 Å². The van der Waals surface area contributed by atoms with Gasteiger partial charge in [0.15, 0.2) is 11.5 Å². The maximum Gasteiger partial charge on any atom is 0.410 e. The first kappa shape index (κ1) is 13.1. The quantitative estimate of drug-likeness (QED) is 0.885. The normalized spacial score (nSPS) is 18.2. The van der Waals surface area contributed by atoms with Crippen molar-refractivity contribution in [3.63, 3.8) is 0 Å². The van der Waals surface area contributed by atoms with Crippen LogP contribution in [0, 0.1) is 0 Å². The first-order valence-electron chi connectivity index (χ1n) is 6.82. The van der Waals surface area contributed by atoms with Crippen molar-refractivity contribution in [3.05, 3.63) is 23.8 Å². The zero-order valence-corrected chi connectivity index (χ0v) is 11.4. The van der Waals surface area contributed by atoms with Gasteiger partial charge in [-0.3, -0.25) is 0 Å². The van der Waals surface area contributed by atoms with Crippen LogP contribution >= 0.6 is 0 Å². The van der Waals surface area contributed by atoms with Gasteiger partial charge in [-0.15, -0.1) is 0 Å². The third-order valence-electron chi connectivity index (χ3n) is 3.50. The second-order valence-corrected chi connectivity index (χ2v) is 4.78. The summed E-state index contributed by atoms with van der Waals surface area (Å²) in [6.07, 6.45) is -0.242. The van der Waals surface area contributed by atoms with Gasteiger partial charge in [-0.1, -0.05) is 13.0 Å². The van der Waals surface area contributed by atoms with E-state index in [0.717, 1.165) is 23.6 Å². The van der Waals surface area contributed by atoms with Gasteiger partial charge < -0.3 is 24.4 Å². The SMILES string of the molecule is CCNC(CN1CCOC1=O)c1ccc2c(c1)OCO2. The lowest BCUT2D eigenvalue weighted by Gasteiger charge is -2.23. The maximum absolute atomic E-state index is 11.6. The van der Waals surface area contributed by atoms with Gasteiger partial charge in [0.05, 0.1) is 12.6 Å². The molecule has 20 heavy (non-hydrogen) atoms. The number of likely N-dealkylation sites (N-methyl/N-ethyl adjacent to an activating group) is 1. The molecular formula is C14H18N2O4. The number of hydrogen-bond acceptors (Lipinski definition) is 5. The van der Waals surface area contributed by atoms with E-state index in [-0.39, 0.29) is 18.9 Å². The average Bonchev–Trinajstić information content (AvgIpc) is 3.06. The molecule has 0 aromatic heterocycles. The zero-order valence-electron chi connectivity index (χ0n) is 11.4. The van der Waals surface area contributed by atoms with Gasteiger partial charge >= 0.3 is 6.09 Å². The Morgan fingerprint density at radius 1 is 1.30 bits per heavy atom. The highest BCUT2D eigenvalue weighted by Gasteiger charge is 2.26.